The molecule has 0 amide bonds. The maximum atomic E-state index is 14.6. The van der Waals surface area contributed by atoms with Gasteiger partial charge in [-0.05, 0) is 36.4 Å². The summed E-state index contributed by atoms with van der Waals surface area (Å²) in [7, 11) is -37.8. The van der Waals surface area contributed by atoms with Crippen LogP contribution >= 0.6 is 0 Å². The largest absolute Gasteiger partial charge is 1.00 e. The van der Waals surface area contributed by atoms with Crippen molar-refractivity contribution >= 4 is 49.7 Å². The maximum Gasteiger partial charge on any atom is 1.00 e. The van der Waals surface area contributed by atoms with Crippen molar-refractivity contribution in [3.63, 3.8) is 0 Å². The first kappa shape index (κ1) is 55.9. The standard InChI is InChI=1S/C20H8F18O12S5.2Na/c21-9-5-7(1-3-11(9)52(41,42)17(31,32)13(23,24)15(27,28)19(35,36)54(45,46)47)51(39,40)8-2-4-12(10(22)6-8)53(43,44)18(33,34)14(25,26)16(29,30)20(37,38)55(48,49)50;;/h1-6H,(H,45,46,47)(H,48,49,50);;/q;2*+1/p-2. The SMILES string of the molecule is O=S(=O)(c1ccc(S(=O)(=O)C(F)(F)C(F)(F)C(F)(F)C(F)(F)S(=O)(=O)[O-])c(F)c1)c1ccc(S(=O)(=O)C(F)(F)C(F)(F)C(F)(F)C(F)(F)S(=O)(=O)[O-])c(F)c1.[Na+].[Na+]. The number of halogens is 18. The fraction of sp³-hybridized carbons (Fsp3) is 0.400. The first-order valence-electron chi connectivity index (χ1n) is 12.0. The van der Waals surface area contributed by atoms with Gasteiger partial charge in [0, 0.05) is 0 Å². The van der Waals surface area contributed by atoms with E-state index in [1.54, 1.807) is 0 Å². The van der Waals surface area contributed by atoms with E-state index < -0.39 is 162 Å². The molecule has 0 atom stereocenters. The fourth-order valence-electron chi connectivity index (χ4n) is 3.53. The summed E-state index contributed by atoms with van der Waals surface area (Å²) in [6.45, 7) is 0. The van der Waals surface area contributed by atoms with Gasteiger partial charge in [-0.25, -0.2) is 50.9 Å². The molecule has 0 aliphatic carbocycles. The van der Waals surface area contributed by atoms with Crippen LogP contribution in [0, 0.1) is 11.6 Å². The second-order valence-electron chi connectivity index (χ2n) is 9.97. The van der Waals surface area contributed by atoms with Crippen LogP contribution in [0.1, 0.15) is 0 Å². The molecule has 0 fully saturated rings. The Labute approximate surface area is 348 Å². The average molecular weight is 987 g/mol. The van der Waals surface area contributed by atoms with E-state index in [-0.39, 0.29) is 59.1 Å². The topological polar surface area (TPSA) is 217 Å². The predicted octanol–water partition coefficient (Wildman–Crippen LogP) is -1.64. The van der Waals surface area contributed by atoms with Gasteiger partial charge in [-0.2, -0.15) is 70.2 Å². The zero-order valence-corrected chi connectivity index (χ0v) is 34.3. The predicted molar refractivity (Wildman–Crippen MR) is 132 cm³/mol. The summed E-state index contributed by atoms with van der Waals surface area (Å²) >= 11 is 0. The van der Waals surface area contributed by atoms with E-state index in [0.29, 0.717) is 0 Å². The van der Waals surface area contributed by atoms with Crippen molar-refractivity contribution in [2.45, 2.75) is 64.3 Å². The zero-order chi connectivity index (χ0) is 44.2. The number of sulfone groups is 3. The van der Waals surface area contributed by atoms with Crippen molar-refractivity contribution in [2.24, 2.45) is 0 Å². The second kappa shape index (κ2) is 15.6. The van der Waals surface area contributed by atoms with Gasteiger partial charge in [-0.1, -0.05) is 0 Å². The summed E-state index contributed by atoms with van der Waals surface area (Å²) in [5.41, 5.74) is 0. The molecular formula is C20H6F18Na2O12S5. The van der Waals surface area contributed by atoms with Crippen LogP contribution < -0.4 is 59.1 Å². The number of rotatable bonds is 14. The summed E-state index contributed by atoms with van der Waals surface area (Å²) in [6, 6.07) is -4.52. The summed E-state index contributed by atoms with van der Waals surface area (Å²) in [4.78, 5) is -9.94. The van der Waals surface area contributed by atoms with Gasteiger partial charge in [0.15, 0.2) is 20.2 Å². The summed E-state index contributed by atoms with van der Waals surface area (Å²) in [5, 5.41) is -30.9. The first-order chi connectivity index (χ1) is 23.7. The molecule has 0 radical (unpaired) electrons. The Morgan fingerprint density at radius 3 is 0.789 bits per heavy atom. The summed E-state index contributed by atoms with van der Waals surface area (Å²) < 4.78 is 386. The van der Waals surface area contributed by atoms with Gasteiger partial charge in [0.25, 0.3) is 19.7 Å². The van der Waals surface area contributed by atoms with Gasteiger partial charge in [0.05, 0.1) is 9.79 Å². The molecule has 2 rings (SSSR count). The van der Waals surface area contributed by atoms with Crippen LogP contribution in [-0.4, -0.2) is 95.9 Å². The van der Waals surface area contributed by atoms with Gasteiger partial charge in [0.1, 0.15) is 21.4 Å². The van der Waals surface area contributed by atoms with E-state index in [1.807, 2.05) is 0 Å². The van der Waals surface area contributed by atoms with Crippen molar-refractivity contribution in [1.29, 1.82) is 0 Å². The van der Waals surface area contributed by atoms with E-state index in [0.717, 1.165) is 0 Å². The van der Waals surface area contributed by atoms with Crippen molar-refractivity contribution in [2.75, 3.05) is 0 Å². The Morgan fingerprint density at radius 1 is 0.386 bits per heavy atom. The first-order valence-corrected chi connectivity index (χ1v) is 19.3. The molecule has 0 saturated carbocycles. The molecule has 316 valence electrons. The number of hydrogen-bond acceptors (Lipinski definition) is 12. The van der Waals surface area contributed by atoms with Gasteiger partial charge < -0.3 is 9.11 Å². The average Bonchev–Trinajstić information content (AvgIpc) is 2.98. The van der Waals surface area contributed by atoms with E-state index >= 15 is 0 Å². The van der Waals surface area contributed by atoms with Crippen LogP contribution in [0.5, 0.6) is 0 Å². The van der Waals surface area contributed by atoms with Gasteiger partial charge in [-0.15, -0.1) is 0 Å². The van der Waals surface area contributed by atoms with E-state index in [9.17, 15) is 130 Å². The molecule has 0 aliphatic heterocycles. The number of benzene rings is 2. The van der Waals surface area contributed by atoms with Gasteiger partial charge in [0.2, 0.25) is 9.84 Å². The molecule has 0 spiro atoms. The maximum absolute atomic E-state index is 14.6. The molecular weight excluding hydrogens is 980 g/mol. The Bertz CT molecular complexity index is 2310. The zero-order valence-electron chi connectivity index (χ0n) is 26.2. The molecule has 57 heavy (non-hydrogen) atoms. The number of alkyl halides is 16. The summed E-state index contributed by atoms with van der Waals surface area (Å²) in [5.74, 6) is -38.7. The van der Waals surface area contributed by atoms with Gasteiger partial charge in [-0.3, -0.25) is 0 Å². The van der Waals surface area contributed by atoms with Crippen LogP contribution in [0.3, 0.4) is 0 Å². The van der Waals surface area contributed by atoms with Crippen LogP contribution in [0.4, 0.5) is 79.0 Å². The Kier molecular flexibility index (Phi) is 15.3. The van der Waals surface area contributed by atoms with Crippen molar-refractivity contribution < 1.29 is 189 Å². The van der Waals surface area contributed by atoms with E-state index in [4.69, 9.17) is 0 Å². The smallest absolute Gasteiger partial charge is 0.743 e. The van der Waals surface area contributed by atoms with Crippen molar-refractivity contribution in [3.8, 4) is 0 Å². The molecule has 2 aromatic rings. The van der Waals surface area contributed by atoms with Crippen LogP contribution in [-0.2, 0) is 49.7 Å². The molecule has 0 N–H and O–H groups in total. The van der Waals surface area contributed by atoms with E-state index in [2.05, 4.69) is 0 Å². The third-order valence-corrected chi connectivity index (χ3v) is 13.8. The molecule has 12 nitrogen and oxygen atoms in total. The third kappa shape index (κ3) is 7.95. The Hall–Kier alpha value is -1.15. The van der Waals surface area contributed by atoms with Crippen LogP contribution in [0.2, 0.25) is 0 Å². The molecule has 37 heteroatoms. The minimum absolute atomic E-state index is 0. The molecule has 0 unspecified atom stereocenters. The molecule has 0 aromatic heterocycles. The van der Waals surface area contributed by atoms with Crippen LogP contribution in [0.25, 0.3) is 0 Å². The second-order valence-corrected chi connectivity index (χ2v) is 18.7. The van der Waals surface area contributed by atoms with Gasteiger partial charge >= 0.3 is 104 Å². The quantitative estimate of drug-likeness (QED) is 0.118. The molecule has 0 saturated heterocycles. The van der Waals surface area contributed by atoms with E-state index in [1.165, 1.54) is 0 Å². The Balaban J connectivity index is 0.0000157. The third-order valence-electron chi connectivity index (χ3n) is 6.56. The molecule has 0 bridgehead atoms. The normalized spacial score (nSPS) is 15.1. The minimum Gasteiger partial charge on any atom is -0.743 e. The monoisotopic (exact) mass is 986 g/mol. The number of hydrogen-bond donors (Lipinski definition) is 0. The molecule has 0 aliphatic rings. The minimum atomic E-state index is -8.15. The summed E-state index contributed by atoms with van der Waals surface area (Å²) in [6.07, 6.45) is 0. The fourth-order valence-corrected chi connectivity index (χ4v) is 8.31. The van der Waals surface area contributed by atoms with Crippen molar-refractivity contribution in [3.05, 3.63) is 48.0 Å². The van der Waals surface area contributed by atoms with Crippen molar-refractivity contribution in [1.82, 2.24) is 0 Å². The Morgan fingerprint density at radius 2 is 0.596 bits per heavy atom. The molecule has 2 aromatic carbocycles. The van der Waals surface area contributed by atoms with Crippen LogP contribution in [0.15, 0.2) is 56.0 Å². The molecule has 0 heterocycles.